The monoisotopic (exact) mass is 230 g/mol. The van der Waals surface area contributed by atoms with Crippen molar-refractivity contribution in [3.63, 3.8) is 0 Å². The molecule has 2 unspecified atom stereocenters. The predicted molar refractivity (Wildman–Crippen MR) is 70.9 cm³/mol. The van der Waals surface area contributed by atoms with E-state index in [9.17, 15) is 0 Å². The zero-order valence-corrected chi connectivity index (χ0v) is 10.6. The second kappa shape index (κ2) is 4.43. The lowest BCUT2D eigenvalue weighted by Gasteiger charge is -2.19. The van der Waals surface area contributed by atoms with Gasteiger partial charge < -0.3 is 5.73 Å². The zero-order valence-electron chi connectivity index (χ0n) is 10.6. The van der Waals surface area contributed by atoms with E-state index in [1.54, 1.807) is 0 Å². The maximum absolute atomic E-state index is 5.78. The number of hydrogen-bond donors (Lipinski definition) is 1. The summed E-state index contributed by atoms with van der Waals surface area (Å²) in [5.41, 5.74) is 8.78. The largest absolute Gasteiger partial charge is 0.330 e. The molecule has 2 fully saturated rings. The highest BCUT2D eigenvalue weighted by molar-refractivity contribution is 5.30. The van der Waals surface area contributed by atoms with E-state index < -0.39 is 0 Å². The molecule has 0 spiro atoms. The van der Waals surface area contributed by atoms with Crippen LogP contribution in [0.25, 0.3) is 0 Å². The summed E-state index contributed by atoms with van der Waals surface area (Å²) in [6.07, 6.45) is 3.99. The minimum atomic E-state index is 0.580. The van der Waals surface area contributed by atoms with E-state index in [0.717, 1.165) is 19.0 Å². The lowest BCUT2D eigenvalue weighted by molar-refractivity contribution is 0.313. The summed E-state index contributed by atoms with van der Waals surface area (Å²) in [6, 6.07) is 9.89. The third kappa shape index (κ3) is 2.24. The number of nitrogens with two attached hydrogens (primary N) is 1. The second-order valence-corrected chi connectivity index (χ2v) is 5.73. The smallest absolute Gasteiger partial charge is 0.0348 e. The minimum absolute atomic E-state index is 0.580. The van der Waals surface area contributed by atoms with E-state index in [2.05, 4.69) is 36.2 Å². The molecule has 2 atom stereocenters. The fourth-order valence-electron chi connectivity index (χ4n) is 3.07. The summed E-state index contributed by atoms with van der Waals surface area (Å²) in [7, 11) is 2.22. The molecular weight excluding hydrogens is 208 g/mol. The first-order valence-electron chi connectivity index (χ1n) is 6.78. The number of nitrogens with zero attached hydrogens (tertiary/aromatic N) is 1. The Hall–Kier alpha value is -0.860. The van der Waals surface area contributed by atoms with Crippen LogP contribution in [0, 0.1) is 5.92 Å². The molecule has 2 nitrogen and oxygen atoms in total. The third-order valence-corrected chi connectivity index (χ3v) is 4.34. The van der Waals surface area contributed by atoms with Gasteiger partial charge in [-0.05, 0) is 55.8 Å². The van der Waals surface area contributed by atoms with E-state index >= 15 is 0 Å². The summed E-state index contributed by atoms with van der Waals surface area (Å²) in [4.78, 5) is 2.45. The van der Waals surface area contributed by atoms with Crippen molar-refractivity contribution in [2.24, 2.45) is 11.7 Å². The summed E-state index contributed by atoms with van der Waals surface area (Å²) >= 11 is 0. The van der Waals surface area contributed by atoms with Crippen molar-refractivity contribution in [1.82, 2.24) is 4.90 Å². The number of benzene rings is 1. The molecule has 0 aromatic heterocycles. The molecule has 2 N–H and O–H groups in total. The van der Waals surface area contributed by atoms with Crippen molar-refractivity contribution in [3.8, 4) is 0 Å². The summed E-state index contributed by atoms with van der Waals surface area (Å²) in [6.45, 7) is 1.96. The molecule has 1 aliphatic heterocycles. The van der Waals surface area contributed by atoms with E-state index in [4.69, 9.17) is 5.73 Å². The summed E-state index contributed by atoms with van der Waals surface area (Å²) in [5.74, 6) is 1.54. The maximum Gasteiger partial charge on any atom is 0.0348 e. The molecule has 1 aliphatic carbocycles. The molecule has 0 bridgehead atoms. The molecule has 3 rings (SSSR count). The predicted octanol–water partition coefficient (Wildman–Crippen LogP) is 2.52. The van der Waals surface area contributed by atoms with Crippen LogP contribution in [-0.4, -0.2) is 25.0 Å². The molecule has 1 saturated carbocycles. The van der Waals surface area contributed by atoms with Crippen LogP contribution in [0.2, 0.25) is 0 Å². The molecule has 2 heteroatoms. The van der Waals surface area contributed by atoms with E-state index in [-0.39, 0.29) is 0 Å². The fraction of sp³-hybridized carbons (Fsp3) is 0.600. The second-order valence-electron chi connectivity index (χ2n) is 5.73. The highest BCUT2D eigenvalue weighted by atomic mass is 15.2. The quantitative estimate of drug-likeness (QED) is 0.864. The SMILES string of the molecule is CN1CC(CN)CC1c1ccc(C2CC2)cc1. The Labute approximate surface area is 104 Å². The Morgan fingerprint density at radius 1 is 1.18 bits per heavy atom. The van der Waals surface area contributed by atoms with Crippen molar-refractivity contribution >= 4 is 0 Å². The van der Waals surface area contributed by atoms with Crippen LogP contribution in [0.1, 0.15) is 42.3 Å². The van der Waals surface area contributed by atoms with Gasteiger partial charge in [0, 0.05) is 12.6 Å². The normalized spacial score (nSPS) is 29.8. The van der Waals surface area contributed by atoms with Crippen molar-refractivity contribution in [3.05, 3.63) is 35.4 Å². The Balaban J connectivity index is 1.74. The first-order chi connectivity index (χ1) is 8.28. The number of likely N-dealkylation sites (tertiary alicyclic amines) is 1. The molecule has 2 aliphatic rings. The van der Waals surface area contributed by atoms with Gasteiger partial charge in [0.05, 0.1) is 0 Å². The fourth-order valence-corrected chi connectivity index (χ4v) is 3.07. The Bertz CT molecular complexity index is 380. The third-order valence-electron chi connectivity index (χ3n) is 4.34. The number of rotatable bonds is 3. The molecule has 92 valence electrons. The van der Waals surface area contributed by atoms with Gasteiger partial charge in [-0.3, -0.25) is 4.90 Å². The van der Waals surface area contributed by atoms with Gasteiger partial charge in [-0.1, -0.05) is 24.3 Å². The van der Waals surface area contributed by atoms with Crippen LogP contribution in [0.5, 0.6) is 0 Å². The van der Waals surface area contributed by atoms with Crippen molar-refractivity contribution < 1.29 is 0 Å². The molecule has 1 aromatic rings. The first kappa shape index (κ1) is 11.2. The van der Waals surface area contributed by atoms with Gasteiger partial charge >= 0.3 is 0 Å². The summed E-state index contributed by atoms with van der Waals surface area (Å²) in [5, 5.41) is 0. The first-order valence-corrected chi connectivity index (χ1v) is 6.78. The van der Waals surface area contributed by atoms with Crippen LogP contribution in [0.15, 0.2) is 24.3 Å². The van der Waals surface area contributed by atoms with E-state index in [1.165, 1.54) is 30.4 Å². The number of hydrogen-bond acceptors (Lipinski definition) is 2. The van der Waals surface area contributed by atoms with Crippen molar-refractivity contribution in [2.45, 2.75) is 31.2 Å². The van der Waals surface area contributed by atoms with Gasteiger partial charge in [0.1, 0.15) is 0 Å². The molecule has 17 heavy (non-hydrogen) atoms. The Morgan fingerprint density at radius 3 is 2.35 bits per heavy atom. The lowest BCUT2D eigenvalue weighted by atomic mass is 9.98. The maximum atomic E-state index is 5.78. The van der Waals surface area contributed by atoms with Crippen molar-refractivity contribution in [2.75, 3.05) is 20.1 Å². The van der Waals surface area contributed by atoms with Gasteiger partial charge in [-0.2, -0.15) is 0 Å². The topological polar surface area (TPSA) is 29.3 Å². The molecule has 1 aromatic carbocycles. The average molecular weight is 230 g/mol. The summed E-state index contributed by atoms with van der Waals surface area (Å²) < 4.78 is 0. The van der Waals surface area contributed by atoms with Crippen LogP contribution < -0.4 is 5.73 Å². The molecule has 0 radical (unpaired) electrons. The molecule has 1 heterocycles. The minimum Gasteiger partial charge on any atom is -0.330 e. The van der Waals surface area contributed by atoms with Crippen molar-refractivity contribution in [1.29, 1.82) is 0 Å². The Kier molecular flexibility index (Phi) is 2.93. The van der Waals surface area contributed by atoms with Crippen LogP contribution in [0.4, 0.5) is 0 Å². The molecular formula is C15H22N2. The average Bonchev–Trinajstić information content (AvgIpc) is 3.13. The highest BCUT2D eigenvalue weighted by Gasteiger charge is 2.30. The van der Waals surface area contributed by atoms with Gasteiger partial charge in [0.2, 0.25) is 0 Å². The van der Waals surface area contributed by atoms with Crippen LogP contribution in [-0.2, 0) is 0 Å². The van der Waals surface area contributed by atoms with Crippen LogP contribution >= 0.6 is 0 Å². The molecule has 1 saturated heterocycles. The van der Waals surface area contributed by atoms with Gasteiger partial charge in [-0.15, -0.1) is 0 Å². The van der Waals surface area contributed by atoms with Crippen LogP contribution in [0.3, 0.4) is 0 Å². The Morgan fingerprint density at radius 2 is 1.82 bits per heavy atom. The van der Waals surface area contributed by atoms with E-state index in [0.29, 0.717) is 12.0 Å². The van der Waals surface area contributed by atoms with Gasteiger partial charge in [0.15, 0.2) is 0 Å². The zero-order chi connectivity index (χ0) is 11.8. The standard InChI is InChI=1S/C15H22N2/c1-17-10-11(9-16)8-15(17)14-6-4-13(5-7-14)12-2-3-12/h4-7,11-12,15H,2-3,8-10,16H2,1H3. The van der Waals surface area contributed by atoms with Gasteiger partial charge in [0.25, 0.3) is 0 Å². The molecule has 0 amide bonds. The van der Waals surface area contributed by atoms with Gasteiger partial charge in [-0.25, -0.2) is 0 Å². The van der Waals surface area contributed by atoms with E-state index in [1.807, 2.05) is 0 Å². The highest BCUT2D eigenvalue weighted by Crippen LogP contribution is 2.41. The lowest BCUT2D eigenvalue weighted by Crippen LogP contribution is -2.20.